The van der Waals surface area contributed by atoms with Crippen molar-refractivity contribution in [2.75, 3.05) is 12.1 Å². The molecule has 20 heavy (non-hydrogen) atoms. The van der Waals surface area contributed by atoms with E-state index >= 15 is 0 Å². The molecule has 1 aromatic rings. The molecule has 0 atom stereocenters. The first-order valence-electron chi connectivity index (χ1n) is 6.45. The lowest BCUT2D eigenvalue weighted by Gasteiger charge is -2.20. The first-order valence-corrected chi connectivity index (χ1v) is 6.45. The number of fused-ring (bicyclic) bond motifs is 1. The zero-order chi connectivity index (χ0) is 15.0. The summed E-state index contributed by atoms with van der Waals surface area (Å²) >= 11 is 0. The van der Waals surface area contributed by atoms with Crippen LogP contribution in [0.3, 0.4) is 0 Å². The van der Waals surface area contributed by atoms with Crippen LogP contribution in [0.1, 0.15) is 19.4 Å². The van der Waals surface area contributed by atoms with Crippen molar-refractivity contribution in [2.24, 2.45) is 0 Å². The molecule has 0 unspecified atom stereocenters. The van der Waals surface area contributed by atoms with Crippen LogP contribution in [-0.2, 0) is 20.7 Å². The second-order valence-electron chi connectivity index (χ2n) is 3.78. The van der Waals surface area contributed by atoms with Gasteiger partial charge in [-0.3, -0.25) is 10.1 Å². The smallest absolute Gasteiger partial charge is 0.423 e. The SMILES string of the molecule is C=C(NC=O)ONc1ccc2c(c1)B(O)OCC2.CC. The van der Waals surface area contributed by atoms with E-state index in [0.717, 1.165) is 12.0 Å². The molecule has 3 N–H and O–H groups in total. The van der Waals surface area contributed by atoms with Gasteiger partial charge in [0.2, 0.25) is 12.3 Å². The Bertz CT molecular complexity index is 468. The molecule has 0 aromatic heterocycles. The van der Waals surface area contributed by atoms with Crippen LogP contribution < -0.4 is 16.3 Å². The molecule has 1 aromatic carbocycles. The lowest BCUT2D eigenvalue weighted by Crippen LogP contribution is -2.41. The quantitative estimate of drug-likeness (QED) is 0.317. The Labute approximate surface area is 118 Å². The Morgan fingerprint density at radius 3 is 3.00 bits per heavy atom. The molecule has 1 heterocycles. The van der Waals surface area contributed by atoms with E-state index in [1.165, 1.54) is 0 Å². The molecule has 0 aliphatic carbocycles. The van der Waals surface area contributed by atoms with Crippen LogP contribution in [0.5, 0.6) is 0 Å². The topological polar surface area (TPSA) is 79.8 Å². The molecule has 2 rings (SSSR count). The number of carbonyl (C=O) groups is 1. The van der Waals surface area contributed by atoms with Crippen molar-refractivity contribution in [1.29, 1.82) is 0 Å². The highest BCUT2D eigenvalue weighted by Crippen LogP contribution is 2.13. The van der Waals surface area contributed by atoms with Crippen molar-refractivity contribution in [2.45, 2.75) is 20.3 Å². The molecular formula is C13H19BN2O4. The van der Waals surface area contributed by atoms with Gasteiger partial charge in [-0.1, -0.05) is 19.9 Å². The molecule has 0 fully saturated rings. The molecule has 6 nitrogen and oxygen atoms in total. The molecule has 0 spiro atoms. The summed E-state index contributed by atoms with van der Waals surface area (Å²) in [4.78, 5) is 15.1. The van der Waals surface area contributed by atoms with Gasteiger partial charge in [0.15, 0.2) is 0 Å². The summed E-state index contributed by atoms with van der Waals surface area (Å²) in [6.45, 7) is 7.97. The van der Waals surface area contributed by atoms with E-state index in [9.17, 15) is 9.82 Å². The Hall–Kier alpha value is -1.99. The van der Waals surface area contributed by atoms with Gasteiger partial charge < -0.3 is 14.5 Å². The molecule has 7 heteroatoms. The van der Waals surface area contributed by atoms with Crippen LogP contribution in [0.4, 0.5) is 5.69 Å². The summed E-state index contributed by atoms with van der Waals surface area (Å²) in [6.07, 6.45) is 1.24. The summed E-state index contributed by atoms with van der Waals surface area (Å²) < 4.78 is 5.13. The molecule has 1 amide bonds. The molecule has 0 saturated carbocycles. The van der Waals surface area contributed by atoms with Gasteiger partial charge in [-0.2, -0.15) is 0 Å². The Morgan fingerprint density at radius 1 is 1.55 bits per heavy atom. The van der Waals surface area contributed by atoms with Crippen LogP contribution in [0, 0.1) is 0 Å². The first kappa shape index (κ1) is 16.1. The second-order valence-corrected chi connectivity index (χ2v) is 3.78. The fourth-order valence-corrected chi connectivity index (χ4v) is 1.70. The van der Waals surface area contributed by atoms with Crippen LogP contribution in [-0.4, -0.2) is 25.2 Å². The maximum atomic E-state index is 10.1. The fourth-order valence-electron chi connectivity index (χ4n) is 1.70. The van der Waals surface area contributed by atoms with E-state index in [1.54, 1.807) is 6.07 Å². The van der Waals surface area contributed by atoms with E-state index < -0.39 is 7.12 Å². The number of rotatable bonds is 5. The molecular weight excluding hydrogens is 259 g/mol. The normalized spacial score (nSPS) is 12.4. The largest absolute Gasteiger partial charge is 0.491 e. The summed E-state index contributed by atoms with van der Waals surface area (Å²) in [7, 11) is -0.910. The van der Waals surface area contributed by atoms with Crippen LogP contribution >= 0.6 is 0 Å². The highest BCUT2D eigenvalue weighted by Gasteiger charge is 2.24. The number of anilines is 1. The van der Waals surface area contributed by atoms with Crippen molar-refractivity contribution in [3.8, 4) is 0 Å². The Balaban J connectivity index is 0.000000956. The molecule has 108 valence electrons. The van der Waals surface area contributed by atoms with Crippen LogP contribution in [0.15, 0.2) is 30.7 Å². The predicted octanol–water partition coefficient (Wildman–Crippen LogP) is 0.534. The van der Waals surface area contributed by atoms with Crippen molar-refractivity contribution in [3.05, 3.63) is 36.2 Å². The third-order valence-corrected chi connectivity index (χ3v) is 2.57. The number of hydrogen-bond donors (Lipinski definition) is 3. The van der Waals surface area contributed by atoms with E-state index in [4.69, 9.17) is 9.49 Å². The summed E-state index contributed by atoms with van der Waals surface area (Å²) in [5.74, 6) is 0.0829. The minimum absolute atomic E-state index is 0.0829. The maximum Gasteiger partial charge on any atom is 0.491 e. The third-order valence-electron chi connectivity index (χ3n) is 2.57. The summed E-state index contributed by atoms with van der Waals surface area (Å²) in [5, 5.41) is 11.9. The lowest BCUT2D eigenvalue weighted by atomic mass is 9.73. The van der Waals surface area contributed by atoms with E-state index in [1.807, 2.05) is 26.0 Å². The van der Waals surface area contributed by atoms with Gasteiger partial charge in [0.05, 0.1) is 5.69 Å². The Kier molecular flexibility index (Phi) is 6.62. The molecule has 1 aliphatic rings. The summed E-state index contributed by atoms with van der Waals surface area (Å²) in [5.41, 5.74) is 5.00. The van der Waals surface area contributed by atoms with Crippen molar-refractivity contribution in [1.82, 2.24) is 5.32 Å². The van der Waals surface area contributed by atoms with Gasteiger partial charge in [0, 0.05) is 6.61 Å². The van der Waals surface area contributed by atoms with Gasteiger partial charge in [-0.15, -0.1) is 0 Å². The van der Waals surface area contributed by atoms with Crippen molar-refractivity contribution in [3.63, 3.8) is 0 Å². The molecule has 0 radical (unpaired) electrons. The minimum atomic E-state index is -0.910. The van der Waals surface area contributed by atoms with E-state index in [0.29, 0.717) is 24.2 Å². The van der Waals surface area contributed by atoms with Crippen LogP contribution in [0.2, 0.25) is 0 Å². The number of benzene rings is 1. The van der Waals surface area contributed by atoms with E-state index in [-0.39, 0.29) is 5.88 Å². The van der Waals surface area contributed by atoms with Crippen molar-refractivity contribution >= 4 is 24.7 Å². The molecule has 0 bridgehead atoms. The second kappa shape index (κ2) is 8.24. The number of hydrogen-bond acceptors (Lipinski definition) is 5. The first-order chi connectivity index (χ1) is 9.70. The monoisotopic (exact) mass is 278 g/mol. The molecule has 0 saturated heterocycles. The van der Waals surface area contributed by atoms with Gasteiger partial charge in [0.1, 0.15) is 0 Å². The van der Waals surface area contributed by atoms with Crippen molar-refractivity contribution < 1.29 is 19.3 Å². The highest BCUT2D eigenvalue weighted by molar-refractivity contribution is 6.61. The predicted molar refractivity (Wildman–Crippen MR) is 78.1 cm³/mol. The maximum absolute atomic E-state index is 10.1. The third kappa shape index (κ3) is 4.29. The number of amides is 1. The van der Waals surface area contributed by atoms with E-state index in [2.05, 4.69) is 17.4 Å². The average Bonchev–Trinajstić information content (AvgIpc) is 2.48. The van der Waals surface area contributed by atoms with Gasteiger partial charge in [-0.25, -0.2) is 5.48 Å². The zero-order valence-corrected chi connectivity index (χ0v) is 11.7. The van der Waals surface area contributed by atoms with Crippen LogP contribution in [0.25, 0.3) is 0 Å². The molecule has 1 aliphatic heterocycles. The van der Waals surface area contributed by atoms with Gasteiger partial charge in [0.25, 0.3) is 0 Å². The average molecular weight is 278 g/mol. The van der Waals surface area contributed by atoms with Gasteiger partial charge >= 0.3 is 7.12 Å². The standard InChI is InChI=1S/C11H13BN2O4.C2H6/c1-8(13-7-15)18-14-10-3-2-9-4-5-17-12(16)11(9)6-10;1-2/h2-3,6-7,14,16H,1,4-5H2,(H,13,15);1-2H3. The number of carbonyl (C=O) groups excluding carboxylic acids is 1. The summed E-state index contributed by atoms with van der Waals surface area (Å²) in [6, 6.07) is 5.43. The zero-order valence-electron chi connectivity index (χ0n) is 11.7. The number of nitrogens with one attached hydrogen (secondary N) is 2. The Morgan fingerprint density at radius 2 is 2.30 bits per heavy atom. The fraction of sp³-hybridized carbons (Fsp3) is 0.308. The lowest BCUT2D eigenvalue weighted by molar-refractivity contribution is -0.109. The highest BCUT2D eigenvalue weighted by atomic mass is 16.7. The minimum Gasteiger partial charge on any atom is -0.423 e. The van der Waals surface area contributed by atoms with Gasteiger partial charge in [-0.05, 0) is 36.2 Å².